The van der Waals surface area contributed by atoms with Gasteiger partial charge >= 0.3 is 5.97 Å². The van der Waals surface area contributed by atoms with Crippen molar-refractivity contribution in [3.05, 3.63) is 71.3 Å². The topological polar surface area (TPSA) is 49.3 Å². The van der Waals surface area contributed by atoms with Crippen molar-refractivity contribution in [3.63, 3.8) is 0 Å². The zero-order chi connectivity index (χ0) is 14.4. The van der Waals surface area contributed by atoms with Gasteiger partial charge in [0.25, 0.3) is 0 Å². The van der Waals surface area contributed by atoms with Crippen molar-refractivity contribution in [1.29, 1.82) is 0 Å². The van der Waals surface area contributed by atoms with Crippen LogP contribution >= 0.6 is 0 Å². The molecule has 104 valence electrons. The van der Waals surface area contributed by atoms with Crippen LogP contribution in [0.1, 0.15) is 29.7 Å². The standard InChI is InChI=1S/C17H19NO2/c1-2-13-8-10-14(11-9-13)12-18-16(17(19)20)15-6-4-3-5-7-15/h3-11,16,18H,2,12H2,1H3,(H,19,20). The van der Waals surface area contributed by atoms with Gasteiger partial charge in [0.05, 0.1) is 0 Å². The van der Waals surface area contributed by atoms with E-state index in [9.17, 15) is 9.90 Å². The van der Waals surface area contributed by atoms with Crippen molar-refractivity contribution >= 4 is 5.97 Å². The van der Waals surface area contributed by atoms with E-state index in [1.165, 1.54) is 5.56 Å². The first-order chi connectivity index (χ1) is 9.70. The molecule has 0 aromatic heterocycles. The van der Waals surface area contributed by atoms with Gasteiger partial charge in [0.1, 0.15) is 6.04 Å². The second-order valence-electron chi connectivity index (χ2n) is 4.73. The number of rotatable bonds is 6. The van der Waals surface area contributed by atoms with Crippen LogP contribution in [-0.2, 0) is 17.8 Å². The number of benzene rings is 2. The average Bonchev–Trinajstić information content (AvgIpc) is 2.49. The maximum absolute atomic E-state index is 11.4. The van der Waals surface area contributed by atoms with E-state index in [1.54, 1.807) is 0 Å². The number of carboxylic acid groups (broad SMARTS) is 1. The molecular formula is C17H19NO2. The predicted octanol–water partition coefficient (Wildman–Crippen LogP) is 3.16. The highest BCUT2D eigenvalue weighted by molar-refractivity contribution is 5.75. The zero-order valence-electron chi connectivity index (χ0n) is 11.5. The minimum absolute atomic E-state index is 0.538. The Kier molecular flexibility index (Phi) is 4.91. The Morgan fingerprint density at radius 2 is 1.65 bits per heavy atom. The summed E-state index contributed by atoms with van der Waals surface area (Å²) in [6, 6.07) is 16.8. The first-order valence-corrected chi connectivity index (χ1v) is 6.79. The number of hydrogen-bond acceptors (Lipinski definition) is 2. The van der Waals surface area contributed by atoms with Gasteiger partial charge in [0.15, 0.2) is 0 Å². The van der Waals surface area contributed by atoms with Crippen LogP contribution in [0.5, 0.6) is 0 Å². The second-order valence-corrected chi connectivity index (χ2v) is 4.73. The van der Waals surface area contributed by atoms with Crippen molar-refractivity contribution < 1.29 is 9.90 Å². The highest BCUT2D eigenvalue weighted by atomic mass is 16.4. The molecule has 2 aromatic carbocycles. The van der Waals surface area contributed by atoms with E-state index in [-0.39, 0.29) is 0 Å². The second kappa shape index (κ2) is 6.87. The van der Waals surface area contributed by atoms with E-state index < -0.39 is 12.0 Å². The number of aryl methyl sites for hydroxylation is 1. The third-order valence-corrected chi connectivity index (χ3v) is 3.32. The highest BCUT2D eigenvalue weighted by Crippen LogP contribution is 2.14. The van der Waals surface area contributed by atoms with Gasteiger partial charge < -0.3 is 5.11 Å². The van der Waals surface area contributed by atoms with E-state index in [4.69, 9.17) is 0 Å². The summed E-state index contributed by atoms with van der Waals surface area (Å²) in [6.45, 7) is 2.65. The quantitative estimate of drug-likeness (QED) is 0.847. The maximum atomic E-state index is 11.4. The summed E-state index contributed by atoms with van der Waals surface area (Å²) >= 11 is 0. The first-order valence-electron chi connectivity index (χ1n) is 6.79. The van der Waals surface area contributed by atoms with Crippen LogP contribution < -0.4 is 5.32 Å². The summed E-state index contributed by atoms with van der Waals surface area (Å²) in [5.41, 5.74) is 3.14. The Hall–Kier alpha value is -2.13. The fourth-order valence-corrected chi connectivity index (χ4v) is 2.11. The molecule has 2 rings (SSSR count). The van der Waals surface area contributed by atoms with E-state index in [0.29, 0.717) is 6.54 Å². The minimum atomic E-state index is -0.860. The molecular weight excluding hydrogens is 250 g/mol. The molecule has 2 N–H and O–H groups in total. The van der Waals surface area contributed by atoms with Crippen molar-refractivity contribution in [1.82, 2.24) is 5.32 Å². The fourth-order valence-electron chi connectivity index (χ4n) is 2.11. The minimum Gasteiger partial charge on any atom is -0.480 e. The lowest BCUT2D eigenvalue weighted by Gasteiger charge is -2.15. The van der Waals surface area contributed by atoms with Crippen molar-refractivity contribution in [3.8, 4) is 0 Å². The normalized spacial score (nSPS) is 12.1. The van der Waals surface area contributed by atoms with Gasteiger partial charge in [-0.05, 0) is 23.1 Å². The molecule has 0 aliphatic rings. The summed E-state index contributed by atoms with van der Waals surface area (Å²) in [4.78, 5) is 11.4. The molecule has 20 heavy (non-hydrogen) atoms. The van der Waals surface area contributed by atoms with Gasteiger partial charge in [0, 0.05) is 6.54 Å². The summed E-state index contributed by atoms with van der Waals surface area (Å²) in [6.07, 6.45) is 1.01. The SMILES string of the molecule is CCc1ccc(CNC(C(=O)O)c2ccccc2)cc1. The van der Waals surface area contributed by atoms with Crippen LogP contribution in [0.15, 0.2) is 54.6 Å². The molecule has 0 saturated carbocycles. The Balaban J connectivity index is 2.04. The first kappa shape index (κ1) is 14.3. The van der Waals surface area contributed by atoms with Crippen LogP contribution in [0.3, 0.4) is 0 Å². The van der Waals surface area contributed by atoms with Crippen molar-refractivity contribution in [2.45, 2.75) is 25.9 Å². The third kappa shape index (κ3) is 3.68. The van der Waals surface area contributed by atoms with Crippen LogP contribution in [0.4, 0.5) is 0 Å². The maximum Gasteiger partial charge on any atom is 0.325 e. The summed E-state index contributed by atoms with van der Waals surface area (Å²) < 4.78 is 0. The lowest BCUT2D eigenvalue weighted by atomic mass is 10.1. The molecule has 0 saturated heterocycles. The van der Waals surface area contributed by atoms with E-state index >= 15 is 0 Å². The summed E-state index contributed by atoms with van der Waals surface area (Å²) in [7, 11) is 0. The van der Waals surface area contributed by atoms with Gasteiger partial charge in [-0.15, -0.1) is 0 Å². The van der Waals surface area contributed by atoms with Crippen LogP contribution in [-0.4, -0.2) is 11.1 Å². The van der Waals surface area contributed by atoms with Crippen LogP contribution in [0.2, 0.25) is 0 Å². The number of carbonyl (C=O) groups is 1. The molecule has 3 nitrogen and oxygen atoms in total. The molecule has 0 heterocycles. The lowest BCUT2D eigenvalue weighted by Crippen LogP contribution is -2.28. The Morgan fingerprint density at radius 1 is 1.05 bits per heavy atom. The highest BCUT2D eigenvalue weighted by Gasteiger charge is 2.18. The molecule has 0 aliphatic carbocycles. The Labute approximate surface area is 119 Å². The fraction of sp³-hybridized carbons (Fsp3) is 0.235. The van der Waals surface area contributed by atoms with Crippen molar-refractivity contribution in [2.24, 2.45) is 0 Å². The van der Waals surface area contributed by atoms with Crippen LogP contribution in [0, 0.1) is 0 Å². The molecule has 0 fully saturated rings. The molecule has 0 spiro atoms. The molecule has 2 aromatic rings. The molecule has 0 aliphatic heterocycles. The van der Waals surface area contributed by atoms with Gasteiger partial charge in [0.2, 0.25) is 0 Å². The lowest BCUT2D eigenvalue weighted by molar-refractivity contribution is -0.139. The monoisotopic (exact) mass is 269 g/mol. The van der Waals surface area contributed by atoms with Gasteiger partial charge in [-0.25, -0.2) is 0 Å². The van der Waals surface area contributed by atoms with E-state index in [2.05, 4.69) is 24.4 Å². The molecule has 1 unspecified atom stereocenters. The molecule has 0 radical (unpaired) electrons. The molecule has 3 heteroatoms. The number of carboxylic acids is 1. The molecule has 0 bridgehead atoms. The van der Waals surface area contributed by atoms with E-state index in [0.717, 1.165) is 17.5 Å². The Morgan fingerprint density at radius 3 is 2.20 bits per heavy atom. The van der Waals surface area contributed by atoms with Gasteiger partial charge in [-0.3, -0.25) is 10.1 Å². The average molecular weight is 269 g/mol. The van der Waals surface area contributed by atoms with Crippen molar-refractivity contribution in [2.75, 3.05) is 0 Å². The zero-order valence-corrected chi connectivity index (χ0v) is 11.5. The summed E-state index contributed by atoms with van der Waals surface area (Å²) in [5.74, 6) is -0.860. The van der Waals surface area contributed by atoms with E-state index in [1.807, 2.05) is 42.5 Å². The van der Waals surface area contributed by atoms with Crippen LogP contribution in [0.25, 0.3) is 0 Å². The molecule has 1 atom stereocenters. The largest absolute Gasteiger partial charge is 0.480 e. The van der Waals surface area contributed by atoms with Gasteiger partial charge in [-0.2, -0.15) is 0 Å². The smallest absolute Gasteiger partial charge is 0.325 e. The van der Waals surface area contributed by atoms with Gasteiger partial charge in [-0.1, -0.05) is 61.5 Å². The number of aliphatic carboxylic acids is 1. The molecule has 0 amide bonds. The third-order valence-electron chi connectivity index (χ3n) is 3.32. The number of nitrogens with one attached hydrogen (secondary N) is 1. The number of hydrogen-bond donors (Lipinski definition) is 2. The predicted molar refractivity (Wildman–Crippen MR) is 79.5 cm³/mol. The Bertz CT molecular complexity index is 549. The summed E-state index contributed by atoms with van der Waals surface area (Å²) in [5, 5.41) is 12.4.